The number of hydrogen-bond acceptors (Lipinski definition) is 4. The van der Waals surface area contributed by atoms with Gasteiger partial charge in [0.2, 0.25) is 0 Å². The maximum Gasteiger partial charge on any atom is 0.342 e. The van der Waals surface area contributed by atoms with Gasteiger partial charge < -0.3 is 18.3 Å². The minimum atomic E-state index is -2.15. The first-order valence-corrected chi connectivity index (χ1v) is 10.2. The Balaban J connectivity index is 2.42. The van der Waals surface area contributed by atoms with E-state index in [1.165, 1.54) is 38.5 Å². The fourth-order valence-electron chi connectivity index (χ4n) is 2.93. The summed E-state index contributed by atoms with van der Waals surface area (Å²) in [6.45, 7) is 2.25. The molecule has 1 aliphatic rings. The molecule has 120 valence electrons. The van der Waals surface area contributed by atoms with Crippen molar-refractivity contribution in [2.45, 2.75) is 76.4 Å². The molecule has 4 nitrogen and oxygen atoms in total. The quantitative estimate of drug-likeness (QED) is 0.344. The van der Waals surface area contributed by atoms with E-state index in [0.29, 0.717) is 0 Å². The Labute approximate surface area is 125 Å². The third-order valence-electron chi connectivity index (χ3n) is 4.29. The van der Waals surface area contributed by atoms with Crippen molar-refractivity contribution in [3.63, 3.8) is 0 Å². The van der Waals surface area contributed by atoms with Crippen molar-refractivity contribution in [1.82, 2.24) is 0 Å². The lowest BCUT2D eigenvalue weighted by Gasteiger charge is -2.43. The van der Waals surface area contributed by atoms with Crippen molar-refractivity contribution < 1.29 is 18.3 Å². The Morgan fingerprint density at radius 1 is 1.00 bits per heavy atom. The molecule has 0 spiro atoms. The standard InChI is InChI=1S/C15H32O4Si/c1-5-6-7-8-9-10-13-20(18-4)14-11-12-15(16-2,17-3)19-20/h5-14H2,1-4H3. The summed E-state index contributed by atoms with van der Waals surface area (Å²) in [5, 5.41) is 0. The first-order valence-electron chi connectivity index (χ1n) is 8.01. The molecule has 0 aromatic heterocycles. The number of methoxy groups -OCH3 is 2. The molecule has 0 radical (unpaired) electrons. The second-order valence-corrected chi connectivity index (χ2v) is 9.11. The summed E-state index contributed by atoms with van der Waals surface area (Å²) >= 11 is 0. The number of unbranched alkanes of at least 4 members (excludes halogenated alkanes) is 5. The summed E-state index contributed by atoms with van der Waals surface area (Å²) in [7, 11) is 2.92. The second kappa shape index (κ2) is 9.15. The summed E-state index contributed by atoms with van der Waals surface area (Å²) in [6.07, 6.45) is 9.61. The second-order valence-electron chi connectivity index (χ2n) is 5.68. The van der Waals surface area contributed by atoms with Crippen LogP contribution in [0.3, 0.4) is 0 Å². The fourth-order valence-corrected chi connectivity index (χ4v) is 6.21. The molecule has 1 unspecified atom stereocenters. The van der Waals surface area contributed by atoms with Gasteiger partial charge in [-0.25, -0.2) is 0 Å². The van der Waals surface area contributed by atoms with Crippen LogP contribution >= 0.6 is 0 Å². The van der Waals surface area contributed by atoms with Gasteiger partial charge in [0.25, 0.3) is 5.97 Å². The first-order chi connectivity index (χ1) is 9.66. The lowest BCUT2D eigenvalue weighted by molar-refractivity contribution is -0.341. The van der Waals surface area contributed by atoms with E-state index in [0.717, 1.165) is 24.9 Å². The molecule has 0 N–H and O–H groups in total. The highest BCUT2D eigenvalue weighted by Crippen LogP contribution is 2.38. The van der Waals surface area contributed by atoms with E-state index in [-0.39, 0.29) is 0 Å². The Kier molecular flexibility index (Phi) is 8.29. The minimum Gasteiger partial charge on any atom is -0.397 e. The van der Waals surface area contributed by atoms with Crippen LogP contribution in [0.1, 0.15) is 58.3 Å². The first kappa shape index (κ1) is 18.1. The zero-order chi connectivity index (χ0) is 14.9. The molecule has 0 amide bonds. The van der Waals surface area contributed by atoms with Gasteiger partial charge in [0.15, 0.2) is 0 Å². The highest BCUT2D eigenvalue weighted by molar-refractivity contribution is 6.67. The monoisotopic (exact) mass is 304 g/mol. The molecule has 20 heavy (non-hydrogen) atoms. The SMILES string of the molecule is CCCCCCCC[Si]1(OC)CCCC(OC)(OC)O1. The van der Waals surface area contributed by atoms with E-state index < -0.39 is 14.5 Å². The van der Waals surface area contributed by atoms with Crippen molar-refractivity contribution in [2.24, 2.45) is 0 Å². The maximum atomic E-state index is 6.21. The molecule has 1 saturated heterocycles. The smallest absolute Gasteiger partial charge is 0.342 e. The predicted octanol–water partition coefficient (Wildman–Crippen LogP) is 4.19. The summed E-state index contributed by atoms with van der Waals surface area (Å²) < 4.78 is 22.9. The maximum absolute atomic E-state index is 6.21. The molecular formula is C15H32O4Si. The van der Waals surface area contributed by atoms with Gasteiger partial charge in [-0.3, -0.25) is 0 Å². The molecule has 0 aromatic rings. The van der Waals surface area contributed by atoms with Crippen LogP contribution in [0.25, 0.3) is 0 Å². The van der Waals surface area contributed by atoms with E-state index in [9.17, 15) is 0 Å². The number of hydrogen-bond donors (Lipinski definition) is 0. The average Bonchev–Trinajstić information content (AvgIpc) is 2.51. The van der Waals surface area contributed by atoms with Crippen molar-refractivity contribution in [1.29, 1.82) is 0 Å². The van der Waals surface area contributed by atoms with Crippen LogP contribution in [-0.2, 0) is 18.3 Å². The molecule has 0 aromatic carbocycles. The lowest BCUT2D eigenvalue weighted by atomic mass is 10.1. The van der Waals surface area contributed by atoms with Crippen LogP contribution in [0.5, 0.6) is 0 Å². The minimum absolute atomic E-state index is 0.786. The molecule has 0 saturated carbocycles. The zero-order valence-corrected chi connectivity index (χ0v) is 14.7. The van der Waals surface area contributed by atoms with E-state index in [1.807, 2.05) is 0 Å². The molecule has 1 rings (SSSR count). The normalized spacial score (nSPS) is 25.8. The van der Waals surface area contributed by atoms with Crippen LogP contribution in [0.2, 0.25) is 12.1 Å². The Morgan fingerprint density at radius 2 is 1.65 bits per heavy atom. The van der Waals surface area contributed by atoms with Gasteiger partial charge in [-0.15, -0.1) is 0 Å². The average molecular weight is 305 g/mol. The van der Waals surface area contributed by atoms with Crippen LogP contribution in [-0.4, -0.2) is 35.9 Å². The van der Waals surface area contributed by atoms with Crippen LogP contribution < -0.4 is 0 Å². The zero-order valence-electron chi connectivity index (χ0n) is 13.7. The van der Waals surface area contributed by atoms with Crippen molar-refractivity contribution in [3.05, 3.63) is 0 Å². The Morgan fingerprint density at radius 3 is 2.25 bits per heavy atom. The van der Waals surface area contributed by atoms with Crippen molar-refractivity contribution >= 4 is 8.56 Å². The fraction of sp³-hybridized carbons (Fsp3) is 1.00. The van der Waals surface area contributed by atoms with Gasteiger partial charge in [0.05, 0.1) is 0 Å². The number of ether oxygens (including phenoxy) is 2. The van der Waals surface area contributed by atoms with Gasteiger partial charge in [-0.05, 0) is 18.5 Å². The molecular weight excluding hydrogens is 272 g/mol. The molecule has 0 aliphatic carbocycles. The highest BCUT2D eigenvalue weighted by atomic mass is 28.4. The topological polar surface area (TPSA) is 36.9 Å². The van der Waals surface area contributed by atoms with Crippen molar-refractivity contribution in [2.75, 3.05) is 21.3 Å². The predicted molar refractivity (Wildman–Crippen MR) is 82.8 cm³/mol. The van der Waals surface area contributed by atoms with Gasteiger partial charge in [0, 0.05) is 27.8 Å². The highest BCUT2D eigenvalue weighted by Gasteiger charge is 2.49. The van der Waals surface area contributed by atoms with Crippen LogP contribution in [0.4, 0.5) is 0 Å². The largest absolute Gasteiger partial charge is 0.397 e. The van der Waals surface area contributed by atoms with Gasteiger partial charge >= 0.3 is 8.56 Å². The molecule has 1 fully saturated rings. The number of rotatable bonds is 10. The van der Waals surface area contributed by atoms with Gasteiger partial charge in [-0.2, -0.15) is 0 Å². The van der Waals surface area contributed by atoms with E-state index in [2.05, 4.69) is 6.92 Å². The summed E-state index contributed by atoms with van der Waals surface area (Å²) in [6, 6.07) is 2.09. The summed E-state index contributed by atoms with van der Waals surface area (Å²) in [5.41, 5.74) is 0. The Hall–Kier alpha value is 0.0569. The lowest BCUT2D eigenvalue weighted by Crippen LogP contribution is -2.55. The molecule has 5 heteroatoms. The summed E-state index contributed by atoms with van der Waals surface area (Å²) in [4.78, 5) is 0. The molecule has 1 heterocycles. The van der Waals surface area contributed by atoms with E-state index in [1.54, 1.807) is 21.3 Å². The van der Waals surface area contributed by atoms with Crippen molar-refractivity contribution in [3.8, 4) is 0 Å². The summed E-state index contributed by atoms with van der Waals surface area (Å²) in [5.74, 6) is -0.872. The van der Waals surface area contributed by atoms with E-state index >= 15 is 0 Å². The van der Waals surface area contributed by atoms with Gasteiger partial charge in [-0.1, -0.05) is 45.4 Å². The Bertz CT molecular complexity index is 258. The molecule has 1 aliphatic heterocycles. The van der Waals surface area contributed by atoms with Crippen LogP contribution in [0, 0.1) is 0 Å². The van der Waals surface area contributed by atoms with E-state index in [4.69, 9.17) is 18.3 Å². The van der Waals surface area contributed by atoms with Crippen LogP contribution in [0.15, 0.2) is 0 Å². The molecule has 1 atom stereocenters. The third-order valence-corrected chi connectivity index (χ3v) is 7.95. The third kappa shape index (κ3) is 5.11. The van der Waals surface area contributed by atoms with Gasteiger partial charge in [0.1, 0.15) is 0 Å². The molecule has 0 bridgehead atoms.